The average molecular weight is 635 g/mol. The molecule has 0 saturated heterocycles. The first kappa shape index (κ1) is 42.5. The molecule has 7 heteroatoms. The lowest BCUT2D eigenvalue weighted by molar-refractivity contribution is 0.462. The van der Waals surface area contributed by atoms with Crippen LogP contribution in [0.15, 0.2) is 104 Å². The molecule has 8 N–H and O–H groups in total. The predicted molar refractivity (Wildman–Crippen MR) is 199 cm³/mol. The number of rotatable bonds is 12. The van der Waals surface area contributed by atoms with Gasteiger partial charge in [0.05, 0.1) is 5.71 Å². The standard InChI is InChI=1S/C19H32FN.C15H17N3.C2H5N.C2H4.CH5N/c1-2-17-12-8-13-19(20)18(17)15-21-14-7-3-4-9-16-10-5-6-11-16;1-3-11-4-5-14(16)13(9-11)15(17)12-6-7-18-10(2)8-12;1-2-3;2*1-2/h8,13,16-17,21H,2-7,9-12,14-15H2,1H3;3-8,11,17H,1,9,16H2,2H3;2H,1,3H2;1-2H2;2H2,1H3. The Balaban J connectivity index is 0.000000743. The summed E-state index contributed by atoms with van der Waals surface area (Å²) in [7, 11) is 1.50. The zero-order valence-electron chi connectivity index (χ0n) is 29.0. The first-order chi connectivity index (χ1) is 22.3. The summed E-state index contributed by atoms with van der Waals surface area (Å²) in [5.74, 6) is 1.69. The van der Waals surface area contributed by atoms with E-state index < -0.39 is 0 Å². The molecule has 46 heavy (non-hydrogen) atoms. The number of nitrogens with one attached hydrogen (secondary N) is 2. The lowest BCUT2D eigenvalue weighted by Gasteiger charge is -2.21. The molecule has 0 radical (unpaired) electrons. The number of allylic oxidation sites excluding steroid dienone is 7. The molecule has 2 unspecified atom stereocenters. The van der Waals surface area contributed by atoms with Crippen molar-refractivity contribution in [2.24, 2.45) is 35.0 Å². The molecule has 0 aliphatic heterocycles. The Bertz CT molecular complexity index is 1140. The van der Waals surface area contributed by atoms with Gasteiger partial charge < -0.3 is 22.5 Å². The molecule has 0 spiro atoms. The SMILES string of the molecule is C=C.C=CC1C=CC(N)=C(C(=N)c2ccnc(C)c2)C1.C=CN.CCC1CC=CC(F)=C1CNCCCCCC1CCCC1.CN. The molecule has 1 aromatic heterocycles. The summed E-state index contributed by atoms with van der Waals surface area (Å²) >= 11 is 0. The lowest BCUT2D eigenvalue weighted by Crippen LogP contribution is -2.23. The third-order valence-corrected chi connectivity index (χ3v) is 8.33. The summed E-state index contributed by atoms with van der Waals surface area (Å²) in [6, 6.07) is 3.75. The van der Waals surface area contributed by atoms with Gasteiger partial charge >= 0.3 is 0 Å². The minimum atomic E-state index is 0.00170. The minimum Gasteiger partial charge on any atom is -0.405 e. The van der Waals surface area contributed by atoms with E-state index in [-0.39, 0.29) is 11.7 Å². The van der Waals surface area contributed by atoms with Gasteiger partial charge in [0.1, 0.15) is 5.83 Å². The first-order valence-corrected chi connectivity index (χ1v) is 16.8. The highest BCUT2D eigenvalue weighted by atomic mass is 19.1. The van der Waals surface area contributed by atoms with E-state index in [1.165, 1.54) is 64.6 Å². The highest BCUT2D eigenvalue weighted by Crippen LogP contribution is 2.30. The summed E-state index contributed by atoms with van der Waals surface area (Å²) in [6.07, 6.45) is 26.4. The Morgan fingerprint density at radius 2 is 1.80 bits per heavy atom. The van der Waals surface area contributed by atoms with Gasteiger partial charge in [0.25, 0.3) is 0 Å². The zero-order chi connectivity index (χ0) is 34.7. The monoisotopic (exact) mass is 635 g/mol. The van der Waals surface area contributed by atoms with E-state index in [0.29, 0.717) is 17.3 Å². The maximum absolute atomic E-state index is 13.8. The Hall–Kier alpha value is -3.55. The molecule has 256 valence electrons. The van der Waals surface area contributed by atoms with Gasteiger partial charge in [0.15, 0.2) is 0 Å². The molecule has 1 saturated carbocycles. The summed E-state index contributed by atoms with van der Waals surface area (Å²) in [5, 5.41) is 11.7. The van der Waals surface area contributed by atoms with E-state index >= 15 is 0 Å². The van der Waals surface area contributed by atoms with Crippen molar-refractivity contribution in [3.8, 4) is 0 Å². The van der Waals surface area contributed by atoms with Gasteiger partial charge in [0, 0.05) is 35.3 Å². The molecule has 1 fully saturated rings. The Kier molecular flexibility index (Phi) is 24.6. The smallest absolute Gasteiger partial charge is 0.123 e. The number of nitrogens with zero attached hydrogens (tertiary/aromatic N) is 1. The fourth-order valence-electron chi connectivity index (χ4n) is 5.84. The average Bonchev–Trinajstić information content (AvgIpc) is 3.61. The largest absolute Gasteiger partial charge is 0.405 e. The van der Waals surface area contributed by atoms with Crippen LogP contribution in [0.5, 0.6) is 0 Å². The third kappa shape index (κ3) is 16.1. The molecule has 1 aromatic rings. The van der Waals surface area contributed by atoms with Crippen LogP contribution in [-0.2, 0) is 0 Å². The van der Waals surface area contributed by atoms with E-state index in [4.69, 9.17) is 11.1 Å². The van der Waals surface area contributed by atoms with Crippen LogP contribution in [0.4, 0.5) is 4.39 Å². The van der Waals surface area contributed by atoms with Crippen LogP contribution < -0.4 is 22.5 Å². The Morgan fingerprint density at radius 3 is 2.41 bits per heavy atom. The molecule has 6 nitrogen and oxygen atoms in total. The second-order valence-corrected chi connectivity index (χ2v) is 11.5. The van der Waals surface area contributed by atoms with Crippen molar-refractivity contribution in [3.05, 3.63) is 115 Å². The second kappa shape index (κ2) is 26.6. The van der Waals surface area contributed by atoms with Gasteiger partial charge in [-0.2, -0.15) is 0 Å². The molecular formula is C39H63FN6. The van der Waals surface area contributed by atoms with Crippen LogP contribution in [-0.4, -0.2) is 30.8 Å². The maximum atomic E-state index is 13.8. The number of pyridine rings is 1. The van der Waals surface area contributed by atoms with E-state index in [9.17, 15) is 4.39 Å². The lowest BCUT2D eigenvalue weighted by atomic mass is 9.88. The highest BCUT2D eigenvalue weighted by molar-refractivity contribution is 6.11. The van der Waals surface area contributed by atoms with E-state index in [2.05, 4.69) is 55.0 Å². The van der Waals surface area contributed by atoms with Gasteiger partial charge in [-0.3, -0.25) is 10.4 Å². The number of hydrogen-bond donors (Lipinski definition) is 5. The van der Waals surface area contributed by atoms with E-state index in [1.54, 1.807) is 12.3 Å². The third-order valence-electron chi connectivity index (χ3n) is 8.33. The van der Waals surface area contributed by atoms with Crippen LogP contribution in [0.25, 0.3) is 0 Å². The second-order valence-electron chi connectivity index (χ2n) is 11.5. The van der Waals surface area contributed by atoms with Gasteiger partial charge in [0.2, 0.25) is 0 Å². The quantitative estimate of drug-likeness (QED) is 0.0893. The van der Waals surface area contributed by atoms with Crippen molar-refractivity contribution in [2.75, 3.05) is 20.1 Å². The normalized spacial score (nSPS) is 18.5. The van der Waals surface area contributed by atoms with Crippen LogP contribution in [0, 0.1) is 30.1 Å². The first-order valence-electron chi connectivity index (χ1n) is 16.8. The maximum Gasteiger partial charge on any atom is 0.123 e. The van der Waals surface area contributed by atoms with Crippen LogP contribution in [0.1, 0.15) is 88.8 Å². The highest BCUT2D eigenvalue weighted by Gasteiger charge is 2.19. The minimum absolute atomic E-state index is 0.00170. The van der Waals surface area contributed by atoms with Crippen LogP contribution >= 0.6 is 0 Å². The van der Waals surface area contributed by atoms with E-state index in [1.807, 2.05) is 43.4 Å². The number of nitrogens with two attached hydrogens (primary N) is 3. The van der Waals surface area contributed by atoms with Crippen molar-refractivity contribution in [3.63, 3.8) is 0 Å². The van der Waals surface area contributed by atoms with E-state index in [0.717, 1.165) is 60.7 Å². The zero-order valence-corrected chi connectivity index (χ0v) is 29.0. The fraction of sp³-hybridized carbons (Fsp3) is 0.487. The number of hydrogen-bond acceptors (Lipinski definition) is 6. The van der Waals surface area contributed by atoms with Crippen molar-refractivity contribution in [1.29, 1.82) is 5.41 Å². The number of unbranched alkanes of at least 4 members (excludes halogenated alkanes) is 2. The van der Waals surface area contributed by atoms with Crippen molar-refractivity contribution >= 4 is 5.71 Å². The van der Waals surface area contributed by atoms with Gasteiger partial charge in [-0.25, -0.2) is 4.39 Å². The number of halogens is 1. The van der Waals surface area contributed by atoms with Crippen LogP contribution in [0.2, 0.25) is 0 Å². The summed E-state index contributed by atoms with van der Waals surface area (Å²) in [5.41, 5.74) is 19.9. The molecule has 0 aromatic carbocycles. The Morgan fingerprint density at radius 1 is 1.13 bits per heavy atom. The molecule has 0 amide bonds. The topological polar surface area (TPSA) is 127 Å². The molecule has 3 aliphatic carbocycles. The van der Waals surface area contributed by atoms with Gasteiger partial charge in [-0.05, 0) is 100 Å². The summed E-state index contributed by atoms with van der Waals surface area (Å²) < 4.78 is 13.8. The van der Waals surface area contributed by atoms with Gasteiger partial charge in [-0.15, -0.1) is 19.7 Å². The van der Waals surface area contributed by atoms with Crippen molar-refractivity contribution in [2.45, 2.75) is 84.5 Å². The number of aromatic nitrogens is 1. The fourth-order valence-corrected chi connectivity index (χ4v) is 5.84. The van der Waals surface area contributed by atoms with Crippen molar-refractivity contribution < 1.29 is 4.39 Å². The summed E-state index contributed by atoms with van der Waals surface area (Å²) in [6.45, 7) is 18.8. The number of aryl methyl sites for hydroxylation is 1. The molecule has 3 aliphatic rings. The molecule has 4 rings (SSSR count). The van der Waals surface area contributed by atoms with Crippen molar-refractivity contribution in [1.82, 2.24) is 10.3 Å². The van der Waals surface area contributed by atoms with Crippen LogP contribution in [0.3, 0.4) is 0 Å². The summed E-state index contributed by atoms with van der Waals surface area (Å²) in [4.78, 5) is 4.14. The molecule has 2 atom stereocenters. The molecule has 1 heterocycles. The molecular weight excluding hydrogens is 571 g/mol. The molecule has 0 bridgehead atoms. The predicted octanol–water partition coefficient (Wildman–Crippen LogP) is 8.73. The van der Waals surface area contributed by atoms with Gasteiger partial charge in [-0.1, -0.05) is 76.7 Å². The Labute approximate surface area is 280 Å².